The molecule has 0 saturated heterocycles. The smallest absolute Gasteiger partial charge is 0.101 e. The largest absolute Gasteiger partial charge is 0.391 e. The summed E-state index contributed by atoms with van der Waals surface area (Å²) in [5.41, 5.74) is 1.27. The molecule has 0 aliphatic carbocycles. The minimum Gasteiger partial charge on any atom is -0.391 e. The van der Waals surface area contributed by atoms with E-state index in [1.54, 1.807) is 18.2 Å². The van der Waals surface area contributed by atoms with Gasteiger partial charge in [-0.05, 0) is 30.5 Å². The fourth-order valence-corrected chi connectivity index (χ4v) is 1.80. The van der Waals surface area contributed by atoms with Gasteiger partial charge in [0.2, 0.25) is 0 Å². The first kappa shape index (κ1) is 13.8. The second kappa shape index (κ2) is 6.48. The molecule has 1 rings (SSSR count). The molecule has 1 aromatic carbocycles. The van der Waals surface area contributed by atoms with Crippen LogP contribution in [0.4, 0.5) is 5.69 Å². The molecule has 92 valence electrons. The van der Waals surface area contributed by atoms with E-state index in [9.17, 15) is 5.11 Å². The van der Waals surface area contributed by atoms with Crippen LogP contribution in [0.15, 0.2) is 18.2 Å². The number of aliphatic hydroxyl groups excluding tert-OH is 1. The first-order chi connectivity index (χ1) is 8.02. The lowest BCUT2D eigenvalue weighted by Gasteiger charge is -2.14. The Balaban J connectivity index is 2.53. The van der Waals surface area contributed by atoms with Gasteiger partial charge in [-0.25, -0.2) is 0 Å². The highest BCUT2D eigenvalue weighted by Gasteiger charge is 2.07. The summed E-state index contributed by atoms with van der Waals surface area (Å²) < 4.78 is 0. The molecule has 0 aromatic heterocycles. The zero-order chi connectivity index (χ0) is 12.8. The maximum Gasteiger partial charge on any atom is 0.101 e. The Bertz CT molecular complexity index is 412. The third-order valence-corrected chi connectivity index (χ3v) is 2.69. The summed E-state index contributed by atoms with van der Waals surface area (Å²) in [4.78, 5) is 0. The molecular formula is C13H17ClN2O. The Morgan fingerprint density at radius 3 is 2.71 bits per heavy atom. The van der Waals surface area contributed by atoms with Crippen LogP contribution in [0, 0.1) is 17.2 Å². The van der Waals surface area contributed by atoms with Crippen LogP contribution in [0.5, 0.6) is 0 Å². The van der Waals surface area contributed by atoms with Crippen molar-refractivity contribution in [1.82, 2.24) is 0 Å². The molecule has 0 fully saturated rings. The van der Waals surface area contributed by atoms with E-state index in [4.69, 9.17) is 16.9 Å². The van der Waals surface area contributed by atoms with E-state index in [-0.39, 0.29) is 6.10 Å². The fraction of sp³-hybridized carbons (Fsp3) is 0.462. The lowest BCUT2D eigenvalue weighted by atomic mass is 10.1. The Morgan fingerprint density at radius 1 is 1.47 bits per heavy atom. The zero-order valence-corrected chi connectivity index (χ0v) is 10.8. The average molecular weight is 253 g/mol. The summed E-state index contributed by atoms with van der Waals surface area (Å²) in [5.74, 6) is 0.469. The second-order valence-corrected chi connectivity index (χ2v) is 4.88. The summed E-state index contributed by atoms with van der Waals surface area (Å²) >= 11 is 5.90. The van der Waals surface area contributed by atoms with E-state index in [1.807, 2.05) is 6.07 Å². The van der Waals surface area contributed by atoms with Crippen LogP contribution in [-0.4, -0.2) is 17.8 Å². The summed E-state index contributed by atoms with van der Waals surface area (Å²) in [6.07, 6.45) is 0.390. The molecule has 2 N–H and O–H groups in total. The van der Waals surface area contributed by atoms with E-state index >= 15 is 0 Å². The number of nitriles is 1. The summed E-state index contributed by atoms with van der Waals surface area (Å²) in [7, 11) is 0. The molecule has 1 atom stereocenters. The third kappa shape index (κ3) is 4.64. The van der Waals surface area contributed by atoms with Crippen molar-refractivity contribution in [1.29, 1.82) is 5.26 Å². The molecule has 0 aliphatic heterocycles. The van der Waals surface area contributed by atoms with Gasteiger partial charge in [0.15, 0.2) is 0 Å². The highest BCUT2D eigenvalue weighted by molar-refractivity contribution is 6.32. The Hall–Kier alpha value is -1.24. The number of benzene rings is 1. The highest BCUT2D eigenvalue weighted by Crippen LogP contribution is 2.20. The van der Waals surface area contributed by atoms with Crippen LogP contribution in [-0.2, 0) is 0 Å². The van der Waals surface area contributed by atoms with E-state index < -0.39 is 0 Å². The number of halogens is 1. The van der Waals surface area contributed by atoms with Crippen LogP contribution in [0.3, 0.4) is 0 Å². The first-order valence-corrected chi connectivity index (χ1v) is 6.02. The molecule has 0 radical (unpaired) electrons. The van der Waals surface area contributed by atoms with Gasteiger partial charge in [0.05, 0.1) is 16.7 Å². The fourth-order valence-electron chi connectivity index (χ4n) is 1.58. The Morgan fingerprint density at radius 2 is 2.18 bits per heavy atom. The third-order valence-electron chi connectivity index (χ3n) is 2.37. The van der Waals surface area contributed by atoms with Crippen LogP contribution < -0.4 is 5.32 Å². The van der Waals surface area contributed by atoms with Gasteiger partial charge in [0, 0.05) is 12.2 Å². The standard InChI is InChI=1S/C13H17ClN2O/c1-9(2)5-12(17)8-16-11-4-3-10(7-15)13(14)6-11/h3-4,6,9,12,16-17H,5,8H2,1-2H3. The summed E-state index contributed by atoms with van der Waals surface area (Å²) in [5, 5.41) is 22.0. The monoisotopic (exact) mass is 252 g/mol. The lowest BCUT2D eigenvalue weighted by Crippen LogP contribution is -2.21. The molecule has 0 heterocycles. The van der Waals surface area contributed by atoms with Crippen LogP contribution in [0.1, 0.15) is 25.8 Å². The van der Waals surface area contributed by atoms with Gasteiger partial charge in [-0.15, -0.1) is 0 Å². The number of anilines is 1. The molecule has 4 heteroatoms. The minimum absolute atomic E-state index is 0.371. The van der Waals surface area contributed by atoms with Crippen molar-refractivity contribution in [3.05, 3.63) is 28.8 Å². The maximum absolute atomic E-state index is 9.70. The van der Waals surface area contributed by atoms with Crippen LogP contribution in [0.2, 0.25) is 5.02 Å². The van der Waals surface area contributed by atoms with Gasteiger partial charge < -0.3 is 10.4 Å². The van der Waals surface area contributed by atoms with Crippen molar-refractivity contribution in [3.8, 4) is 6.07 Å². The number of rotatable bonds is 5. The molecule has 17 heavy (non-hydrogen) atoms. The van der Waals surface area contributed by atoms with Crippen LogP contribution >= 0.6 is 11.6 Å². The maximum atomic E-state index is 9.70. The number of hydrogen-bond donors (Lipinski definition) is 2. The zero-order valence-electron chi connectivity index (χ0n) is 10.1. The molecule has 0 saturated carbocycles. The number of nitrogens with zero attached hydrogens (tertiary/aromatic N) is 1. The number of nitrogens with one attached hydrogen (secondary N) is 1. The quantitative estimate of drug-likeness (QED) is 0.847. The van der Waals surface area contributed by atoms with Crippen molar-refractivity contribution in [3.63, 3.8) is 0 Å². The van der Waals surface area contributed by atoms with E-state index in [0.717, 1.165) is 12.1 Å². The van der Waals surface area contributed by atoms with E-state index in [0.29, 0.717) is 23.0 Å². The average Bonchev–Trinajstić information content (AvgIpc) is 2.25. The highest BCUT2D eigenvalue weighted by atomic mass is 35.5. The van der Waals surface area contributed by atoms with Crippen molar-refractivity contribution >= 4 is 17.3 Å². The van der Waals surface area contributed by atoms with Crippen LogP contribution in [0.25, 0.3) is 0 Å². The van der Waals surface area contributed by atoms with Crippen molar-refractivity contribution in [2.75, 3.05) is 11.9 Å². The molecule has 1 aromatic rings. The number of aliphatic hydroxyl groups is 1. The SMILES string of the molecule is CC(C)CC(O)CNc1ccc(C#N)c(Cl)c1. The van der Waals surface area contributed by atoms with E-state index in [1.165, 1.54) is 0 Å². The van der Waals surface area contributed by atoms with Crippen molar-refractivity contribution < 1.29 is 5.11 Å². The topological polar surface area (TPSA) is 56.0 Å². The predicted octanol–water partition coefficient (Wildman–Crippen LogP) is 3.03. The van der Waals surface area contributed by atoms with Gasteiger partial charge in [-0.3, -0.25) is 0 Å². The molecule has 0 bridgehead atoms. The molecular weight excluding hydrogens is 236 g/mol. The summed E-state index contributed by atoms with van der Waals surface area (Å²) in [6, 6.07) is 7.15. The normalized spacial score (nSPS) is 12.2. The van der Waals surface area contributed by atoms with Gasteiger partial charge >= 0.3 is 0 Å². The van der Waals surface area contributed by atoms with Gasteiger partial charge in [-0.2, -0.15) is 5.26 Å². The first-order valence-electron chi connectivity index (χ1n) is 5.64. The Kier molecular flexibility index (Phi) is 5.27. The summed E-state index contributed by atoms with van der Waals surface area (Å²) in [6.45, 7) is 4.63. The number of hydrogen-bond acceptors (Lipinski definition) is 3. The van der Waals surface area contributed by atoms with Crippen molar-refractivity contribution in [2.45, 2.75) is 26.4 Å². The van der Waals surface area contributed by atoms with Crippen molar-refractivity contribution in [2.24, 2.45) is 5.92 Å². The van der Waals surface area contributed by atoms with Gasteiger partial charge in [0.1, 0.15) is 6.07 Å². The predicted molar refractivity (Wildman–Crippen MR) is 70.1 cm³/mol. The molecule has 1 unspecified atom stereocenters. The molecule has 3 nitrogen and oxygen atoms in total. The Labute approximate surface area is 107 Å². The van der Waals surface area contributed by atoms with Gasteiger partial charge in [0.25, 0.3) is 0 Å². The minimum atomic E-state index is -0.371. The molecule has 0 amide bonds. The molecule has 0 aliphatic rings. The lowest BCUT2D eigenvalue weighted by molar-refractivity contribution is 0.161. The van der Waals surface area contributed by atoms with E-state index in [2.05, 4.69) is 19.2 Å². The van der Waals surface area contributed by atoms with Gasteiger partial charge in [-0.1, -0.05) is 25.4 Å². The second-order valence-electron chi connectivity index (χ2n) is 4.47. The molecule has 0 spiro atoms.